The Morgan fingerprint density at radius 2 is 2.14 bits per heavy atom. The lowest BCUT2D eigenvalue weighted by molar-refractivity contribution is -0.126. The molecule has 1 aromatic heterocycles. The van der Waals surface area contributed by atoms with Crippen LogP contribution in [0.1, 0.15) is 30.7 Å². The quantitative estimate of drug-likeness (QED) is 0.890. The molecule has 0 spiro atoms. The highest BCUT2D eigenvalue weighted by Crippen LogP contribution is 2.19. The van der Waals surface area contributed by atoms with E-state index in [1.807, 2.05) is 44.2 Å². The third kappa shape index (κ3) is 4.40. The van der Waals surface area contributed by atoms with E-state index in [-0.39, 0.29) is 5.91 Å². The first-order valence-electron chi connectivity index (χ1n) is 7.52. The van der Waals surface area contributed by atoms with Crippen LogP contribution in [-0.4, -0.2) is 23.6 Å². The van der Waals surface area contributed by atoms with Gasteiger partial charge in [0, 0.05) is 30.6 Å². The molecule has 1 amide bonds. The second kappa shape index (κ2) is 7.71. The van der Waals surface area contributed by atoms with Gasteiger partial charge in [-0.2, -0.15) is 0 Å². The van der Waals surface area contributed by atoms with E-state index in [4.69, 9.17) is 4.74 Å². The molecule has 1 unspecified atom stereocenters. The summed E-state index contributed by atoms with van der Waals surface area (Å²) in [6, 6.07) is 11.9. The first kappa shape index (κ1) is 16.2. The lowest BCUT2D eigenvalue weighted by atomic mass is 10.1. The second-order valence-electron chi connectivity index (χ2n) is 5.23. The van der Waals surface area contributed by atoms with Crippen LogP contribution < -0.4 is 5.32 Å². The number of carbonyl (C=O) groups excluding carboxylic acids is 1. The first-order valence-corrected chi connectivity index (χ1v) is 7.52. The molecule has 0 radical (unpaired) electrons. The predicted molar refractivity (Wildman–Crippen MR) is 87.9 cm³/mol. The van der Waals surface area contributed by atoms with Gasteiger partial charge in [0.1, 0.15) is 6.10 Å². The number of hydrogen-bond acceptors (Lipinski definition) is 3. The number of anilines is 1. The smallest absolute Gasteiger partial charge is 0.253 e. The highest BCUT2D eigenvalue weighted by atomic mass is 16.5. The van der Waals surface area contributed by atoms with Crippen molar-refractivity contribution in [2.24, 2.45) is 0 Å². The van der Waals surface area contributed by atoms with Gasteiger partial charge in [-0.3, -0.25) is 9.78 Å². The lowest BCUT2D eigenvalue weighted by Gasteiger charge is -2.14. The van der Waals surface area contributed by atoms with Crippen molar-refractivity contribution in [3.8, 4) is 0 Å². The summed E-state index contributed by atoms with van der Waals surface area (Å²) in [5.41, 5.74) is 3.97. The number of nitrogens with one attached hydrogen (secondary N) is 1. The zero-order valence-electron chi connectivity index (χ0n) is 13.3. The molecule has 0 saturated carbocycles. The summed E-state index contributed by atoms with van der Waals surface area (Å²) in [5, 5.41) is 2.94. The van der Waals surface area contributed by atoms with Gasteiger partial charge in [0.25, 0.3) is 5.91 Å². The van der Waals surface area contributed by atoms with Gasteiger partial charge >= 0.3 is 0 Å². The number of rotatable bonds is 6. The number of aromatic nitrogens is 1. The van der Waals surface area contributed by atoms with Crippen LogP contribution in [0, 0.1) is 6.92 Å². The number of aryl methyl sites for hydroxylation is 1. The van der Waals surface area contributed by atoms with Crippen LogP contribution in [0.5, 0.6) is 0 Å². The minimum atomic E-state index is -0.455. The average Bonchev–Trinajstić information content (AvgIpc) is 2.52. The van der Waals surface area contributed by atoms with E-state index in [2.05, 4.69) is 16.4 Å². The van der Waals surface area contributed by atoms with E-state index >= 15 is 0 Å². The number of carbonyl (C=O) groups is 1. The molecule has 1 heterocycles. The zero-order chi connectivity index (χ0) is 15.9. The maximum atomic E-state index is 12.1. The van der Waals surface area contributed by atoms with Crippen LogP contribution in [0.2, 0.25) is 0 Å². The first-order chi connectivity index (χ1) is 10.6. The summed E-state index contributed by atoms with van der Waals surface area (Å²) in [7, 11) is 0. The summed E-state index contributed by atoms with van der Waals surface area (Å²) in [6.45, 7) is 6.13. The number of pyridine rings is 1. The van der Waals surface area contributed by atoms with Crippen LogP contribution in [0.3, 0.4) is 0 Å². The molecule has 0 aliphatic carbocycles. The molecule has 2 aromatic rings. The summed E-state index contributed by atoms with van der Waals surface area (Å²) in [4.78, 5) is 16.4. The highest BCUT2D eigenvalue weighted by molar-refractivity contribution is 5.94. The van der Waals surface area contributed by atoms with Crippen LogP contribution in [0.25, 0.3) is 0 Å². The molecule has 116 valence electrons. The summed E-state index contributed by atoms with van der Waals surface area (Å²) < 4.78 is 5.32. The van der Waals surface area contributed by atoms with Crippen molar-refractivity contribution in [2.75, 3.05) is 11.9 Å². The van der Waals surface area contributed by atoms with Crippen molar-refractivity contribution >= 4 is 11.6 Å². The second-order valence-corrected chi connectivity index (χ2v) is 5.23. The Morgan fingerprint density at radius 1 is 1.32 bits per heavy atom. The molecule has 0 saturated heterocycles. The fraction of sp³-hybridized carbons (Fsp3) is 0.333. The minimum absolute atomic E-state index is 0.125. The van der Waals surface area contributed by atoms with E-state index < -0.39 is 6.10 Å². The minimum Gasteiger partial charge on any atom is -0.369 e. The van der Waals surface area contributed by atoms with E-state index in [0.717, 1.165) is 28.9 Å². The molecule has 1 atom stereocenters. The number of benzene rings is 1. The Balaban J connectivity index is 2.11. The lowest BCUT2D eigenvalue weighted by Crippen LogP contribution is -2.28. The molecule has 1 aromatic carbocycles. The topological polar surface area (TPSA) is 51.2 Å². The Labute approximate surface area is 131 Å². The largest absolute Gasteiger partial charge is 0.369 e. The molecule has 2 rings (SSSR count). The van der Waals surface area contributed by atoms with E-state index in [0.29, 0.717) is 6.61 Å². The molecular formula is C18H22N2O2. The Hall–Kier alpha value is -2.20. The average molecular weight is 298 g/mol. The summed E-state index contributed by atoms with van der Waals surface area (Å²) in [5.74, 6) is -0.125. The molecule has 22 heavy (non-hydrogen) atoms. The van der Waals surface area contributed by atoms with Gasteiger partial charge in [0.15, 0.2) is 0 Å². The molecule has 4 heteroatoms. The normalized spacial score (nSPS) is 12.0. The van der Waals surface area contributed by atoms with E-state index in [1.54, 1.807) is 13.1 Å². The number of hydrogen-bond donors (Lipinski definition) is 1. The van der Waals surface area contributed by atoms with Gasteiger partial charge in [-0.25, -0.2) is 0 Å². The van der Waals surface area contributed by atoms with Gasteiger partial charge in [0.2, 0.25) is 0 Å². The Kier molecular flexibility index (Phi) is 5.67. The predicted octanol–water partition coefficient (Wildman–Crippen LogP) is 3.34. The highest BCUT2D eigenvalue weighted by Gasteiger charge is 2.14. The summed E-state index contributed by atoms with van der Waals surface area (Å²) >= 11 is 0. The number of amides is 1. The standard InChI is InChI=1S/C18H22N2O2/c1-4-22-14(3)18(21)20-17-12-15(9-8-13(17)2)11-16-7-5-6-10-19-16/h5-10,12,14H,4,11H2,1-3H3,(H,20,21). The SMILES string of the molecule is CCOC(C)C(=O)Nc1cc(Cc2ccccn2)ccc1C. The molecule has 0 bridgehead atoms. The molecule has 0 aliphatic heterocycles. The van der Waals surface area contributed by atoms with Gasteiger partial charge < -0.3 is 10.1 Å². The van der Waals surface area contributed by atoms with Crippen molar-refractivity contribution in [3.05, 3.63) is 59.4 Å². The van der Waals surface area contributed by atoms with Crippen molar-refractivity contribution in [1.82, 2.24) is 4.98 Å². The maximum absolute atomic E-state index is 12.1. The fourth-order valence-electron chi connectivity index (χ4n) is 2.19. The summed E-state index contributed by atoms with van der Waals surface area (Å²) in [6.07, 6.45) is 2.07. The van der Waals surface area contributed by atoms with Gasteiger partial charge in [-0.1, -0.05) is 18.2 Å². The maximum Gasteiger partial charge on any atom is 0.253 e. The molecule has 4 nitrogen and oxygen atoms in total. The van der Waals surface area contributed by atoms with Crippen molar-refractivity contribution in [3.63, 3.8) is 0 Å². The number of nitrogens with zero attached hydrogens (tertiary/aromatic N) is 1. The van der Waals surface area contributed by atoms with Crippen molar-refractivity contribution in [2.45, 2.75) is 33.3 Å². The van der Waals surface area contributed by atoms with Crippen LogP contribution in [0.4, 0.5) is 5.69 Å². The fourth-order valence-corrected chi connectivity index (χ4v) is 2.19. The number of ether oxygens (including phenoxy) is 1. The molecular weight excluding hydrogens is 276 g/mol. The third-order valence-electron chi connectivity index (χ3n) is 3.46. The van der Waals surface area contributed by atoms with Crippen molar-refractivity contribution in [1.29, 1.82) is 0 Å². The Morgan fingerprint density at radius 3 is 2.82 bits per heavy atom. The van der Waals surface area contributed by atoms with Crippen LogP contribution >= 0.6 is 0 Å². The monoisotopic (exact) mass is 298 g/mol. The molecule has 0 fully saturated rings. The molecule has 0 aliphatic rings. The van der Waals surface area contributed by atoms with Gasteiger partial charge in [-0.05, 0) is 50.1 Å². The van der Waals surface area contributed by atoms with Gasteiger partial charge in [0.05, 0.1) is 0 Å². The van der Waals surface area contributed by atoms with Crippen LogP contribution in [0.15, 0.2) is 42.6 Å². The Bertz CT molecular complexity index is 626. The van der Waals surface area contributed by atoms with E-state index in [1.165, 1.54) is 0 Å². The van der Waals surface area contributed by atoms with E-state index in [9.17, 15) is 4.79 Å². The van der Waals surface area contributed by atoms with Crippen LogP contribution in [-0.2, 0) is 16.0 Å². The van der Waals surface area contributed by atoms with Gasteiger partial charge in [-0.15, -0.1) is 0 Å². The van der Waals surface area contributed by atoms with Crippen molar-refractivity contribution < 1.29 is 9.53 Å². The zero-order valence-corrected chi connectivity index (χ0v) is 13.3. The molecule has 1 N–H and O–H groups in total. The third-order valence-corrected chi connectivity index (χ3v) is 3.46.